The molecule has 2 rings (SSSR count). The first kappa shape index (κ1) is 12.8. The van der Waals surface area contributed by atoms with Crippen molar-refractivity contribution in [2.75, 3.05) is 0 Å². The van der Waals surface area contributed by atoms with Gasteiger partial charge in [0.15, 0.2) is 0 Å². The zero-order valence-electron chi connectivity index (χ0n) is 10.8. The highest BCUT2D eigenvalue weighted by Gasteiger charge is 2.07. The molecule has 0 fully saturated rings. The number of rotatable bonds is 3. The molecular weight excluding hydrogens is 225 g/mol. The van der Waals surface area contributed by atoms with Gasteiger partial charge in [-0.2, -0.15) is 0 Å². The van der Waals surface area contributed by atoms with Gasteiger partial charge in [0.05, 0.1) is 0 Å². The number of halogens is 1. The van der Waals surface area contributed by atoms with E-state index in [9.17, 15) is 4.39 Å². The number of hydrogen-bond acceptors (Lipinski definition) is 1. The van der Waals surface area contributed by atoms with E-state index in [1.54, 1.807) is 6.07 Å². The third-order valence-corrected chi connectivity index (χ3v) is 3.13. The molecule has 2 N–H and O–H groups in total. The third-order valence-electron chi connectivity index (χ3n) is 3.13. The molecule has 0 bridgehead atoms. The Hall–Kier alpha value is -1.67. The van der Waals surface area contributed by atoms with Crippen LogP contribution in [0.4, 0.5) is 4.39 Å². The molecule has 1 nitrogen and oxygen atoms in total. The monoisotopic (exact) mass is 243 g/mol. The molecule has 0 saturated carbocycles. The Labute approximate surface area is 107 Å². The summed E-state index contributed by atoms with van der Waals surface area (Å²) in [5.74, 6) is 0.235. The molecule has 0 radical (unpaired) electrons. The van der Waals surface area contributed by atoms with Gasteiger partial charge in [-0.1, -0.05) is 44.2 Å². The van der Waals surface area contributed by atoms with Gasteiger partial charge in [-0.3, -0.25) is 0 Å². The average Bonchev–Trinajstić information content (AvgIpc) is 2.39. The quantitative estimate of drug-likeness (QED) is 0.863. The Morgan fingerprint density at radius 3 is 2.56 bits per heavy atom. The first-order valence-corrected chi connectivity index (χ1v) is 6.20. The standard InChI is InChI=1S/C16H18FN/c1-11(2)13-4-3-5-14(9-13)15-8-12(10-18)6-7-16(15)17/h3-9,11H,10,18H2,1-2H3. The topological polar surface area (TPSA) is 26.0 Å². The van der Waals surface area contributed by atoms with Crippen LogP contribution in [0.1, 0.15) is 30.9 Å². The Bertz CT molecular complexity index is 547. The molecule has 0 aliphatic carbocycles. The van der Waals surface area contributed by atoms with Crippen molar-refractivity contribution in [3.63, 3.8) is 0 Å². The van der Waals surface area contributed by atoms with Crippen LogP contribution < -0.4 is 5.73 Å². The van der Waals surface area contributed by atoms with Crippen LogP contribution in [0.25, 0.3) is 11.1 Å². The summed E-state index contributed by atoms with van der Waals surface area (Å²) in [6.45, 7) is 4.69. The van der Waals surface area contributed by atoms with Crippen molar-refractivity contribution < 1.29 is 4.39 Å². The Morgan fingerprint density at radius 2 is 1.89 bits per heavy atom. The molecule has 0 unspecified atom stereocenters. The van der Waals surface area contributed by atoms with E-state index in [2.05, 4.69) is 19.9 Å². The van der Waals surface area contributed by atoms with Crippen LogP contribution >= 0.6 is 0 Å². The van der Waals surface area contributed by atoms with Crippen molar-refractivity contribution in [2.45, 2.75) is 26.3 Å². The molecule has 0 heterocycles. The van der Waals surface area contributed by atoms with E-state index in [1.807, 2.05) is 24.3 Å². The van der Waals surface area contributed by atoms with Gasteiger partial charge >= 0.3 is 0 Å². The lowest BCUT2D eigenvalue weighted by atomic mass is 9.96. The van der Waals surface area contributed by atoms with Crippen LogP contribution in [0, 0.1) is 5.82 Å². The first-order valence-electron chi connectivity index (χ1n) is 6.20. The van der Waals surface area contributed by atoms with Crippen molar-refractivity contribution in [1.82, 2.24) is 0 Å². The molecule has 0 spiro atoms. The van der Waals surface area contributed by atoms with Crippen molar-refractivity contribution >= 4 is 0 Å². The van der Waals surface area contributed by atoms with E-state index in [-0.39, 0.29) is 5.82 Å². The maximum Gasteiger partial charge on any atom is 0.131 e. The lowest BCUT2D eigenvalue weighted by molar-refractivity contribution is 0.630. The summed E-state index contributed by atoms with van der Waals surface area (Å²) < 4.78 is 13.9. The van der Waals surface area contributed by atoms with Crippen molar-refractivity contribution in [2.24, 2.45) is 5.73 Å². The molecule has 0 aliphatic heterocycles. The fourth-order valence-corrected chi connectivity index (χ4v) is 1.99. The largest absolute Gasteiger partial charge is 0.326 e. The van der Waals surface area contributed by atoms with Crippen LogP contribution in [0.5, 0.6) is 0 Å². The van der Waals surface area contributed by atoms with Crippen LogP contribution in [0.2, 0.25) is 0 Å². The lowest BCUT2D eigenvalue weighted by Gasteiger charge is -2.10. The fourth-order valence-electron chi connectivity index (χ4n) is 1.99. The molecule has 0 aromatic heterocycles. The lowest BCUT2D eigenvalue weighted by Crippen LogP contribution is -1.97. The van der Waals surface area contributed by atoms with Gasteiger partial charge in [-0.25, -0.2) is 4.39 Å². The van der Waals surface area contributed by atoms with Gasteiger partial charge < -0.3 is 5.73 Å². The fraction of sp³-hybridized carbons (Fsp3) is 0.250. The van der Waals surface area contributed by atoms with Gasteiger partial charge in [0.1, 0.15) is 5.82 Å². The van der Waals surface area contributed by atoms with Crippen LogP contribution in [0.3, 0.4) is 0 Å². The van der Waals surface area contributed by atoms with Gasteiger partial charge in [0, 0.05) is 12.1 Å². The van der Waals surface area contributed by atoms with Gasteiger partial charge in [0.2, 0.25) is 0 Å². The predicted octanol–water partition coefficient (Wildman–Crippen LogP) is 4.07. The van der Waals surface area contributed by atoms with E-state index in [4.69, 9.17) is 5.73 Å². The zero-order valence-corrected chi connectivity index (χ0v) is 10.8. The SMILES string of the molecule is CC(C)c1cccc(-c2cc(CN)ccc2F)c1. The molecular formula is C16H18FN. The highest BCUT2D eigenvalue weighted by Crippen LogP contribution is 2.27. The molecule has 18 heavy (non-hydrogen) atoms. The maximum atomic E-state index is 13.9. The van der Waals surface area contributed by atoms with E-state index in [0.29, 0.717) is 18.0 Å². The predicted molar refractivity (Wildman–Crippen MR) is 73.8 cm³/mol. The minimum absolute atomic E-state index is 0.201. The minimum atomic E-state index is -0.201. The number of hydrogen-bond donors (Lipinski definition) is 1. The Kier molecular flexibility index (Phi) is 3.78. The van der Waals surface area contributed by atoms with E-state index in [1.165, 1.54) is 11.6 Å². The summed E-state index contributed by atoms with van der Waals surface area (Å²) in [4.78, 5) is 0. The van der Waals surface area contributed by atoms with Crippen LogP contribution in [0.15, 0.2) is 42.5 Å². The molecule has 0 aliphatic rings. The molecule has 0 saturated heterocycles. The van der Waals surface area contributed by atoms with E-state index >= 15 is 0 Å². The number of benzene rings is 2. The molecule has 0 amide bonds. The smallest absolute Gasteiger partial charge is 0.131 e. The molecule has 2 aromatic carbocycles. The van der Waals surface area contributed by atoms with Gasteiger partial charge in [-0.05, 0) is 34.7 Å². The summed E-state index contributed by atoms with van der Waals surface area (Å²) in [6, 6.07) is 13.1. The molecule has 0 atom stereocenters. The van der Waals surface area contributed by atoms with Gasteiger partial charge in [0.25, 0.3) is 0 Å². The van der Waals surface area contributed by atoms with Crippen molar-refractivity contribution in [1.29, 1.82) is 0 Å². The summed E-state index contributed by atoms with van der Waals surface area (Å²) in [5.41, 5.74) is 9.30. The highest BCUT2D eigenvalue weighted by molar-refractivity contribution is 5.65. The summed E-state index contributed by atoms with van der Waals surface area (Å²) >= 11 is 0. The second-order valence-electron chi connectivity index (χ2n) is 4.80. The Balaban J connectivity index is 2.50. The average molecular weight is 243 g/mol. The van der Waals surface area contributed by atoms with E-state index in [0.717, 1.165) is 11.1 Å². The zero-order chi connectivity index (χ0) is 13.1. The van der Waals surface area contributed by atoms with Gasteiger partial charge in [-0.15, -0.1) is 0 Å². The molecule has 2 aromatic rings. The molecule has 94 valence electrons. The minimum Gasteiger partial charge on any atom is -0.326 e. The maximum absolute atomic E-state index is 13.9. The summed E-state index contributed by atoms with van der Waals surface area (Å²) in [5, 5.41) is 0. The number of nitrogens with two attached hydrogens (primary N) is 1. The Morgan fingerprint density at radius 1 is 1.11 bits per heavy atom. The first-order chi connectivity index (χ1) is 8.61. The molecule has 2 heteroatoms. The highest BCUT2D eigenvalue weighted by atomic mass is 19.1. The summed E-state index contributed by atoms with van der Waals surface area (Å²) in [6.07, 6.45) is 0. The normalized spacial score (nSPS) is 10.9. The van der Waals surface area contributed by atoms with Crippen LogP contribution in [-0.4, -0.2) is 0 Å². The van der Waals surface area contributed by atoms with Crippen LogP contribution in [-0.2, 0) is 6.54 Å². The second kappa shape index (κ2) is 5.32. The van der Waals surface area contributed by atoms with E-state index < -0.39 is 0 Å². The van der Waals surface area contributed by atoms with Crippen molar-refractivity contribution in [3.8, 4) is 11.1 Å². The summed E-state index contributed by atoms with van der Waals surface area (Å²) in [7, 11) is 0. The second-order valence-corrected chi connectivity index (χ2v) is 4.80. The van der Waals surface area contributed by atoms with Crippen molar-refractivity contribution in [3.05, 3.63) is 59.4 Å². The third kappa shape index (κ3) is 2.59.